The van der Waals surface area contributed by atoms with Crippen molar-refractivity contribution in [2.24, 2.45) is 0 Å². The first-order valence-electron chi connectivity index (χ1n) is 10.7. The second-order valence-electron chi connectivity index (χ2n) is 6.95. The van der Waals surface area contributed by atoms with Crippen LogP contribution in [0, 0.1) is 22.7 Å². The molecule has 0 fully saturated rings. The van der Waals surface area contributed by atoms with E-state index < -0.39 is 0 Å². The lowest BCUT2D eigenvalue weighted by atomic mass is 10.2. The van der Waals surface area contributed by atoms with Gasteiger partial charge in [0.2, 0.25) is 0 Å². The van der Waals surface area contributed by atoms with Gasteiger partial charge in [-0.1, -0.05) is 0 Å². The summed E-state index contributed by atoms with van der Waals surface area (Å²) in [6.07, 6.45) is 0. The summed E-state index contributed by atoms with van der Waals surface area (Å²) >= 11 is 0. The largest absolute Gasteiger partial charge is 0.487 e. The summed E-state index contributed by atoms with van der Waals surface area (Å²) in [4.78, 5) is 17.1. The number of rotatable bonds is 0. The Balaban J connectivity index is 1.60. The molecule has 0 amide bonds. The molecule has 0 radical (unpaired) electrons. The normalized spacial score (nSPS) is 16.8. The lowest BCUT2D eigenvalue weighted by Gasteiger charge is -2.15. The van der Waals surface area contributed by atoms with E-state index >= 15 is 0 Å². The molecule has 0 N–H and O–H groups in total. The predicted octanol–water partition coefficient (Wildman–Crippen LogP) is 1.15. The van der Waals surface area contributed by atoms with Crippen molar-refractivity contribution in [2.75, 3.05) is 66.1 Å². The fraction of sp³-hybridized carbons (Fsp3) is 0.455. The summed E-state index contributed by atoms with van der Waals surface area (Å²) in [7, 11) is 0. The van der Waals surface area contributed by atoms with Crippen LogP contribution in [0.4, 0.5) is 0 Å². The van der Waals surface area contributed by atoms with Crippen LogP contribution < -0.4 is 9.47 Å². The van der Waals surface area contributed by atoms with Crippen molar-refractivity contribution < 1.29 is 28.4 Å². The van der Waals surface area contributed by atoms with E-state index in [1.165, 1.54) is 0 Å². The first kappa shape index (κ1) is 23.5. The highest BCUT2D eigenvalue weighted by Crippen LogP contribution is 2.32. The number of nitrogens with zero attached hydrogens (tertiary/aromatic N) is 6. The molecule has 12 heteroatoms. The van der Waals surface area contributed by atoms with Gasteiger partial charge in [0.1, 0.15) is 25.4 Å². The quantitative estimate of drug-likeness (QED) is 0.436. The number of fused-ring (bicyclic) bond motifs is 3. The number of nitriles is 2. The first-order chi connectivity index (χ1) is 16.8. The Bertz CT molecular complexity index is 1130. The van der Waals surface area contributed by atoms with E-state index in [-0.39, 0.29) is 35.9 Å². The van der Waals surface area contributed by atoms with E-state index in [9.17, 15) is 10.5 Å². The highest BCUT2D eigenvalue weighted by Gasteiger charge is 2.15. The van der Waals surface area contributed by atoms with Gasteiger partial charge in [0, 0.05) is 12.1 Å². The molecular formula is C22H22N6O6. The standard InChI is InChI=1S/C22H22N6O6/c23-13-17-18(14-24)28-22-21(27-17)25-15-11-19-20(12-16(15)26-22)34-10-8-32-6-4-30-2-1-29-3-5-31-7-9-33-19/h11-12H,1-10H2. The Kier molecular flexibility index (Phi) is 8.27. The monoisotopic (exact) mass is 466 g/mol. The molecule has 3 heterocycles. The number of hydrogen-bond acceptors (Lipinski definition) is 12. The van der Waals surface area contributed by atoms with E-state index in [0.717, 1.165) is 0 Å². The molecule has 12 nitrogen and oxygen atoms in total. The van der Waals surface area contributed by atoms with Crippen molar-refractivity contribution in [2.45, 2.75) is 0 Å². The fourth-order valence-corrected chi connectivity index (χ4v) is 3.08. The van der Waals surface area contributed by atoms with E-state index in [4.69, 9.17) is 28.4 Å². The third kappa shape index (κ3) is 6.01. The van der Waals surface area contributed by atoms with E-state index in [2.05, 4.69) is 19.9 Å². The second-order valence-corrected chi connectivity index (χ2v) is 6.95. The third-order valence-electron chi connectivity index (χ3n) is 4.65. The van der Waals surface area contributed by atoms with Gasteiger partial charge >= 0.3 is 0 Å². The van der Waals surface area contributed by atoms with Crippen LogP contribution >= 0.6 is 0 Å². The molecule has 34 heavy (non-hydrogen) atoms. The van der Waals surface area contributed by atoms with Crippen LogP contribution in [-0.4, -0.2) is 86.0 Å². The van der Waals surface area contributed by atoms with Gasteiger partial charge in [-0.05, 0) is 0 Å². The predicted molar refractivity (Wildman–Crippen MR) is 116 cm³/mol. The molecule has 1 aromatic carbocycles. The molecular weight excluding hydrogens is 444 g/mol. The molecule has 1 aliphatic heterocycles. The van der Waals surface area contributed by atoms with E-state index in [0.29, 0.717) is 75.4 Å². The molecule has 1 aliphatic rings. The van der Waals surface area contributed by atoms with Crippen LogP contribution in [-0.2, 0) is 18.9 Å². The van der Waals surface area contributed by atoms with Crippen molar-refractivity contribution in [1.82, 2.24) is 19.9 Å². The van der Waals surface area contributed by atoms with Crippen LogP contribution in [0.1, 0.15) is 11.4 Å². The van der Waals surface area contributed by atoms with E-state index in [1.807, 2.05) is 12.1 Å². The van der Waals surface area contributed by atoms with Crippen molar-refractivity contribution in [3.05, 3.63) is 23.5 Å². The third-order valence-corrected chi connectivity index (χ3v) is 4.65. The Morgan fingerprint density at radius 2 is 0.882 bits per heavy atom. The molecule has 0 saturated carbocycles. The summed E-state index contributed by atoms with van der Waals surface area (Å²) in [6, 6.07) is 7.06. The molecule has 0 atom stereocenters. The number of benzene rings is 1. The average molecular weight is 466 g/mol. The van der Waals surface area contributed by atoms with Crippen molar-refractivity contribution >= 4 is 22.3 Å². The average Bonchev–Trinajstić information content (AvgIpc) is 2.85. The van der Waals surface area contributed by atoms with Crippen molar-refractivity contribution in [1.29, 1.82) is 10.5 Å². The smallest absolute Gasteiger partial charge is 0.199 e. The van der Waals surface area contributed by atoms with Gasteiger partial charge in [0.05, 0.1) is 63.9 Å². The summed E-state index contributed by atoms with van der Waals surface area (Å²) in [5.74, 6) is 0.903. The maximum absolute atomic E-state index is 9.21. The lowest BCUT2D eigenvalue weighted by Crippen LogP contribution is -2.16. The van der Waals surface area contributed by atoms with Crippen molar-refractivity contribution in [3.63, 3.8) is 0 Å². The Hall–Kier alpha value is -3.68. The van der Waals surface area contributed by atoms with Crippen LogP contribution in [0.3, 0.4) is 0 Å². The van der Waals surface area contributed by atoms with Crippen molar-refractivity contribution in [3.8, 4) is 23.6 Å². The Labute approximate surface area is 195 Å². The minimum atomic E-state index is -0.105. The van der Waals surface area contributed by atoms with Crippen LogP contribution in [0.2, 0.25) is 0 Å². The second kappa shape index (κ2) is 12.0. The maximum Gasteiger partial charge on any atom is 0.199 e. The molecule has 0 saturated heterocycles. The SMILES string of the molecule is N#Cc1nc2nc3cc4c(cc3nc2nc1C#N)OCCOCCOCCOCCOCCO4. The Morgan fingerprint density at radius 1 is 0.529 bits per heavy atom. The Morgan fingerprint density at radius 3 is 1.24 bits per heavy atom. The van der Waals surface area contributed by atoms with Gasteiger partial charge < -0.3 is 28.4 Å². The molecule has 4 rings (SSSR count). The van der Waals surface area contributed by atoms with Crippen LogP contribution in [0.15, 0.2) is 12.1 Å². The topological polar surface area (TPSA) is 155 Å². The molecule has 176 valence electrons. The zero-order valence-electron chi connectivity index (χ0n) is 18.4. The summed E-state index contributed by atoms with van der Waals surface area (Å²) < 4.78 is 33.7. The van der Waals surface area contributed by atoms with Gasteiger partial charge in [-0.3, -0.25) is 0 Å². The molecule has 3 aromatic rings. The summed E-state index contributed by atoms with van der Waals surface area (Å²) in [5.41, 5.74) is 1.05. The van der Waals surface area contributed by atoms with Gasteiger partial charge in [0.15, 0.2) is 34.2 Å². The maximum atomic E-state index is 9.21. The number of aromatic nitrogens is 4. The highest BCUT2D eigenvalue weighted by molar-refractivity contribution is 5.85. The van der Waals surface area contributed by atoms with Gasteiger partial charge in [-0.25, -0.2) is 19.9 Å². The number of hydrogen-bond donors (Lipinski definition) is 0. The van der Waals surface area contributed by atoms with Gasteiger partial charge in [0.25, 0.3) is 0 Å². The zero-order chi connectivity index (χ0) is 23.6. The lowest BCUT2D eigenvalue weighted by molar-refractivity contribution is -0.00840. The molecule has 0 bridgehead atoms. The summed E-state index contributed by atoms with van der Waals surface area (Å²) in [6.45, 7) is 4.09. The fourth-order valence-electron chi connectivity index (χ4n) is 3.08. The number of ether oxygens (including phenoxy) is 6. The van der Waals surface area contributed by atoms with Crippen LogP contribution in [0.25, 0.3) is 22.3 Å². The molecule has 0 spiro atoms. The minimum absolute atomic E-state index is 0.105. The zero-order valence-corrected chi connectivity index (χ0v) is 18.4. The van der Waals surface area contributed by atoms with E-state index in [1.54, 1.807) is 12.1 Å². The molecule has 0 aliphatic carbocycles. The minimum Gasteiger partial charge on any atom is -0.487 e. The summed E-state index contributed by atoms with van der Waals surface area (Å²) in [5, 5.41) is 18.4. The molecule has 2 aromatic heterocycles. The highest BCUT2D eigenvalue weighted by atomic mass is 16.6. The molecule has 0 unspecified atom stereocenters. The first-order valence-corrected chi connectivity index (χ1v) is 10.7. The van der Waals surface area contributed by atoms with Crippen LogP contribution in [0.5, 0.6) is 11.5 Å². The van der Waals surface area contributed by atoms with Gasteiger partial charge in [-0.2, -0.15) is 10.5 Å². The van der Waals surface area contributed by atoms with Gasteiger partial charge in [-0.15, -0.1) is 0 Å².